The summed E-state index contributed by atoms with van der Waals surface area (Å²) in [5.41, 5.74) is 0.317. The zero-order valence-corrected chi connectivity index (χ0v) is 21.0. The van der Waals surface area contributed by atoms with Gasteiger partial charge in [0.05, 0.1) is 11.6 Å². The maximum Gasteiger partial charge on any atom is 0.301 e. The molecule has 170 valence electrons. The van der Waals surface area contributed by atoms with Gasteiger partial charge in [0.1, 0.15) is 11.5 Å². The minimum Gasteiger partial charge on any atom is -0.507 e. The zero-order chi connectivity index (χ0) is 24.1. The summed E-state index contributed by atoms with van der Waals surface area (Å²) in [5.74, 6) is -1.34. The summed E-state index contributed by atoms with van der Waals surface area (Å²) in [7, 11) is 0. The van der Waals surface area contributed by atoms with Crippen molar-refractivity contribution >= 4 is 62.4 Å². The van der Waals surface area contributed by atoms with E-state index in [2.05, 4.69) is 21.1 Å². The Morgan fingerprint density at radius 3 is 2.33 bits per heavy atom. The normalized spacial score (nSPS) is 18.2. The Morgan fingerprint density at radius 2 is 1.76 bits per heavy atom. The Kier molecular flexibility index (Phi) is 6.16. The van der Waals surface area contributed by atoms with Gasteiger partial charge in [-0.25, -0.2) is 0 Å². The molecule has 33 heavy (non-hydrogen) atoms. The number of anilines is 1. The molecule has 0 radical (unpaired) electrons. The van der Waals surface area contributed by atoms with Gasteiger partial charge < -0.3 is 9.63 Å². The number of carbonyl (C=O) groups is 2. The molecule has 0 aliphatic carbocycles. The second kappa shape index (κ2) is 8.63. The molecular formula is C24H19BrCl2N2O4. The third-order valence-electron chi connectivity index (χ3n) is 5.30. The summed E-state index contributed by atoms with van der Waals surface area (Å²) >= 11 is 15.9. The van der Waals surface area contributed by atoms with Crippen LogP contribution in [0.1, 0.15) is 43.7 Å². The highest BCUT2D eigenvalue weighted by atomic mass is 79.9. The minimum atomic E-state index is -1.03. The summed E-state index contributed by atoms with van der Waals surface area (Å²) in [6, 6.07) is 12.0. The van der Waals surface area contributed by atoms with Crippen LogP contribution < -0.4 is 4.90 Å². The second-order valence-corrected chi connectivity index (χ2v) is 10.4. The molecule has 2 aromatic carbocycles. The zero-order valence-electron chi connectivity index (χ0n) is 17.9. The largest absolute Gasteiger partial charge is 0.507 e. The van der Waals surface area contributed by atoms with Crippen molar-refractivity contribution in [3.05, 3.63) is 85.5 Å². The molecule has 1 saturated heterocycles. The van der Waals surface area contributed by atoms with Gasteiger partial charge in [-0.1, -0.05) is 83.3 Å². The number of carbonyl (C=O) groups excluding carboxylic acids is 2. The van der Waals surface area contributed by atoms with Crippen molar-refractivity contribution in [2.45, 2.75) is 32.2 Å². The molecule has 3 aromatic rings. The van der Waals surface area contributed by atoms with Crippen LogP contribution in [-0.2, 0) is 15.0 Å². The van der Waals surface area contributed by atoms with Crippen LogP contribution in [0.3, 0.4) is 0 Å². The molecule has 1 amide bonds. The molecular weight excluding hydrogens is 531 g/mol. The molecule has 4 rings (SSSR count). The number of aliphatic hydroxyl groups is 1. The summed E-state index contributed by atoms with van der Waals surface area (Å²) in [5, 5.41) is 15.8. The number of Topliss-reactive ketones (excluding diaryl/α,β-unsaturated/α-hetero) is 1. The standard InChI is InChI=1S/C24H19BrCl2N2O4/c1-24(2,3)17-11-18(28-33-17)29-20(15-9-8-14(26)10-16(15)27)19(22(31)23(29)32)21(30)12-4-6-13(25)7-5-12/h4-11,20,30H,1-3H3/b21-19+/t20-/m1/s1. The van der Waals surface area contributed by atoms with Crippen LogP contribution in [0.5, 0.6) is 0 Å². The van der Waals surface area contributed by atoms with Gasteiger partial charge in [-0.15, -0.1) is 0 Å². The number of hydrogen-bond acceptors (Lipinski definition) is 5. The summed E-state index contributed by atoms with van der Waals surface area (Å²) in [6.07, 6.45) is 0. The minimum absolute atomic E-state index is 0.105. The van der Waals surface area contributed by atoms with E-state index in [0.29, 0.717) is 21.9 Å². The maximum absolute atomic E-state index is 13.2. The van der Waals surface area contributed by atoms with Gasteiger partial charge in [-0.2, -0.15) is 0 Å². The SMILES string of the molecule is CC(C)(C)c1cc(N2C(=O)C(=O)/C(=C(/O)c3ccc(Br)cc3)[C@H]2c2ccc(Cl)cc2Cl)no1. The predicted molar refractivity (Wildman–Crippen MR) is 131 cm³/mol. The van der Waals surface area contributed by atoms with Crippen LogP contribution in [0, 0.1) is 0 Å². The Labute approximate surface area is 208 Å². The molecule has 0 unspecified atom stereocenters. The molecule has 1 N–H and O–H groups in total. The van der Waals surface area contributed by atoms with E-state index in [-0.39, 0.29) is 27.6 Å². The monoisotopic (exact) mass is 548 g/mol. The quantitative estimate of drug-likeness (QED) is 0.224. The Balaban J connectivity index is 1.95. The number of nitrogens with zero attached hydrogens (tertiary/aromatic N) is 2. The summed E-state index contributed by atoms with van der Waals surface area (Å²) in [6.45, 7) is 5.81. The van der Waals surface area contributed by atoms with Crippen LogP contribution in [0.15, 0.2) is 63.1 Å². The highest BCUT2D eigenvalue weighted by Crippen LogP contribution is 2.45. The Hall–Kier alpha value is -2.61. The van der Waals surface area contributed by atoms with E-state index in [1.54, 1.807) is 42.5 Å². The average Bonchev–Trinajstić information content (AvgIpc) is 3.32. The van der Waals surface area contributed by atoms with Crippen molar-refractivity contribution in [1.82, 2.24) is 5.16 Å². The number of aliphatic hydroxyl groups excluding tert-OH is 1. The van der Waals surface area contributed by atoms with Crippen LogP contribution in [0.4, 0.5) is 5.82 Å². The molecule has 1 aliphatic heterocycles. The number of benzene rings is 2. The van der Waals surface area contributed by atoms with Gasteiger partial charge in [0, 0.05) is 31.6 Å². The highest BCUT2D eigenvalue weighted by Gasteiger charge is 2.49. The molecule has 1 aliphatic rings. The van der Waals surface area contributed by atoms with Crippen LogP contribution in [0.2, 0.25) is 10.0 Å². The summed E-state index contributed by atoms with van der Waals surface area (Å²) < 4.78 is 6.26. The van der Waals surface area contributed by atoms with Gasteiger partial charge in [0.15, 0.2) is 5.82 Å². The smallest absolute Gasteiger partial charge is 0.301 e. The van der Waals surface area contributed by atoms with E-state index in [0.717, 1.165) is 4.47 Å². The number of halogens is 3. The van der Waals surface area contributed by atoms with Crippen molar-refractivity contribution in [3.63, 3.8) is 0 Å². The maximum atomic E-state index is 13.2. The fourth-order valence-electron chi connectivity index (χ4n) is 3.58. The first-order valence-electron chi connectivity index (χ1n) is 9.98. The first kappa shape index (κ1) is 23.5. The van der Waals surface area contributed by atoms with E-state index >= 15 is 0 Å². The topological polar surface area (TPSA) is 83.6 Å². The van der Waals surface area contributed by atoms with Gasteiger partial charge >= 0.3 is 5.91 Å². The van der Waals surface area contributed by atoms with Crippen molar-refractivity contribution in [2.75, 3.05) is 4.90 Å². The molecule has 9 heteroatoms. The fourth-order valence-corrected chi connectivity index (χ4v) is 4.36. The molecule has 1 fully saturated rings. The highest BCUT2D eigenvalue weighted by molar-refractivity contribution is 9.10. The lowest BCUT2D eigenvalue weighted by molar-refractivity contribution is -0.132. The van der Waals surface area contributed by atoms with Crippen LogP contribution in [-0.4, -0.2) is 22.0 Å². The van der Waals surface area contributed by atoms with Crippen LogP contribution in [0.25, 0.3) is 5.76 Å². The van der Waals surface area contributed by atoms with Gasteiger partial charge in [0.2, 0.25) is 0 Å². The number of hydrogen-bond donors (Lipinski definition) is 1. The van der Waals surface area contributed by atoms with E-state index in [1.165, 1.54) is 11.0 Å². The number of amides is 1. The van der Waals surface area contributed by atoms with Gasteiger partial charge in [-0.3, -0.25) is 14.5 Å². The van der Waals surface area contributed by atoms with E-state index in [1.807, 2.05) is 20.8 Å². The lowest BCUT2D eigenvalue weighted by Gasteiger charge is -2.24. The fraction of sp³-hybridized carbons (Fsp3) is 0.208. The molecule has 1 atom stereocenters. The number of rotatable bonds is 3. The average molecular weight is 550 g/mol. The lowest BCUT2D eigenvalue weighted by Crippen LogP contribution is -2.30. The Bertz CT molecular complexity index is 1290. The second-order valence-electron chi connectivity index (χ2n) is 8.64. The number of ketones is 1. The summed E-state index contributed by atoms with van der Waals surface area (Å²) in [4.78, 5) is 27.6. The van der Waals surface area contributed by atoms with Gasteiger partial charge in [-0.05, 0) is 29.8 Å². The third kappa shape index (κ3) is 4.33. The molecule has 6 nitrogen and oxygen atoms in total. The molecule has 0 saturated carbocycles. The van der Waals surface area contributed by atoms with Crippen LogP contribution >= 0.6 is 39.1 Å². The molecule has 0 spiro atoms. The van der Waals surface area contributed by atoms with Crippen molar-refractivity contribution in [2.24, 2.45) is 0 Å². The van der Waals surface area contributed by atoms with Crippen molar-refractivity contribution in [3.8, 4) is 0 Å². The number of aromatic nitrogens is 1. The van der Waals surface area contributed by atoms with Crippen molar-refractivity contribution < 1.29 is 19.2 Å². The first-order chi connectivity index (χ1) is 15.5. The molecule has 2 heterocycles. The van der Waals surface area contributed by atoms with Crippen molar-refractivity contribution in [1.29, 1.82) is 0 Å². The predicted octanol–water partition coefficient (Wildman–Crippen LogP) is 6.67. The Morgan fingerprint density at radius 1 is 1.09 bits per heavy atom. The third-order valence-corrected chi connectivity index (χ3v) is 6.39. The van der Waals surface area contributed by atoms with Gasteiger partial charge in [0.25, 0.3) is 5.78 Å². The van der Waals surface area contributed by atoms with E-state index in [9.17, 15) is 14.7 Å². The molecule has 1 aromatic heterocycles. The lowest BCUT2D eigenvalue weighted by atomic mass is 9.93. The first-order valence-corrected chi connectivity index (χ1v) is 11.5. The van der Waals surface area contributed by atoms with E-state index < -0.39 is 17.7 Å². The molecule has 0 bridgehead atoms. The van der Waals surface area contributed by atoms with E-state index in [4.69, 9.17) is 27.7 Å².